The predicted octanol–water partition coefficient (Wildman–Crippen LogP) is 6.75. The highest BCUT2D eigenvalue weighted by atomic mass is 35.5. The quantitative estimate of drug-likeness (QED) is 0.419. The number of thiol groups is 1. The van der Waals surface area contributed by atoms with Gasteiger partial charge in [-0.3, -0.25) is 4.79 Å². The Balaban J connectivity index is 2.11. The molecule has 1 aliphatic rings. The number of halogens is 2. The minimum atomic E-state index is -0.830. The molecule has 8 heteroatoms. The van der Waals surface area contributed by atoms with Gasteiger partial charge in [-0.05, 0) is 55.2 Å². The number of nitrogens with zero attached hydrogens (tertiary/aromatic N) is 1. The fraction of sp³-hybridized carbons (Fsp3) is 0.440. The standard InChI is InChI=1S/C25H29Cl2NO4S/c1-14(2)22-25(3,4)32-24(30)28(22)23(29)19(21(33)16-8-12-18(27)13-9-16)20(31-5)15-6-10-17(26)11-7-15/h6-14,19-22,33H,1-5H3/t19?,20?,21?,22-/m0/s1. The second-order valence-electron chi connectivity index (χ2n) is 9.10. The Morgan fingerprint density at radius 1 is 1.03 bits per heavy atom. The van der Waals surface area contributed by atoms with E-state index in [1.807, 2.05) is 52.0 Å². The molecule has 0 aliphatic carbocycles. The summed E-state index contributed by atoms with van der Waals surface area (Å²) in [5, 5.41) is 0.564. The number of ether oxygens (including phenoxy) is 2. The molecule has 1 heterocycles. The van der Waals surface area contributed by atoms with Crippen molar-refractivity contribution in [2.24, 2.45) is 11.8 Å². The molecule has 1 saturated heterocycles. The Hall–Kier alpha value is -1.73. The zero-order chi connectivity index (χ0) is 24.5. The number of cyclic esters (lactones) is 1. The van der Waals surface area contributed by atoms with Gasteiger partial charge < -0.3 is 9.47 Å². The van der Waals surface area contributed by atoms with Gasteiger partial charge in [0.05, 0.1) is 18.1 Å². The zero-order valence-electron chi connectivity index (χ0n) is 19.3. The van der Waals surface area contributed by atoms with Crippen LogP contribution in [0, 0.1) is 11.8 Å². The van der Waals surface area contributed by atoms with Crippen LogP contribution in [0.25, 0.3) is 0 Å². The van der Waals surface area contributed by atoms with Gasteiger partial charge in [-0.1, -0.05) is 61.3 Å². The third-order valence-electron chi connectivity index (χ3n) is 6.02. The maximum atomic E-state index is 14.1. The number of hydrogen-bond acceptors (Lipinski definition) is 5. The van der Waals surface area contributed by atoms with Crippen LogP contribution in [0.4, 0.5) is 4.79 Å². The van der Waals surface area contributed by atoms with Crippen molar-refractivity contribution < 1.29 is 19.1 Å². The van der Waals surface area contributed by atoms with Crippen LogP contribution in [-0.2, 0) is 14.3 Å². The lowest BCUT2D eigenvalue weighted by atomic mass is 9.84. The maximum Gasteiger partial charge on any atom is 0.417 e. The number of carbonyl (C=O) groups excluding carboxylic acids is 2. The van der Waals surface area contributed by atoms with Gasteiger partial charge in [0.2, 0.25) is 5.91 Å². The van der Waals surface area contributed by atoms with E-state index in [2.05, 4.69) is 0 Å². The van der Waals surface area contributed by atoms with E-state index in [-0.39, 0.29) is 5.92 Å². The largest absolute Gasteiger partial charge is 0.441 e. The third kappa shape index (κ3) is 5.35. The SMILES string of the molecule is COC(c1ccc(Cl)cc1)C(C(=O)N1C(=O)OC(C)(C)[C@@H]1C(C)C)C(S)c1ccc(Cl)cc1. The summed E-state index contributed by atoms with van der Waals surface area (Å²) in [4.78, 5) is 28.3. The Kier molecular flexibility index (Phi) is 8.05. The van der Waals surface area contributed by atoms with Crippen molar-refractivity contribution in [1.29, 1.82) is 0 Å². The third-order valence-corrected chi connectivity index (χ3v) is 7.15. The minimum absolute atomic E-state index is 0.0125. The van der Waals surface area contributed by atoms with Crippen molar-refractivity contribution in [3.05, 3.63) is 69.7 Å². The predicted molar refractivity (Wildman–Crippen MR) is 134 cm³/mol. The highest BCUT2D eigenvalue weighted by Gasteiger charge is 2.54. The molecule has 33 heavy (non-hydrogen) atoms. The van der Waals surface area contributed by atoms with Crippen LogP contribution in [0.15, 0.2) is 48.5 Å². The van der Waals surface area contributed by atoms with Crippen LogP contribution < -0.4 is 0 Å². The van der Waals surface area contributed by atoms with Crippen molar-refractivity contribution in [3.63, 3.8) is 0 Å². The van der Waals surface area contributed by atoms with Gasteiger partial charge >= 0.3 is 6.09 Å². The summed E-state index contributed by atoms with van der Waals surface area (Å²) in [7, 11) is 1.54. The molecule has 3 rings (SSSR count). The molecular weight excluding hydrogens is 481 g/mol. The molecule has 2 aromatic rings. The molecule has 3 unspecified atom stereocenters. The van der Waals surface area contributed by atoms with Crippen molar-refractivity contribution >= 4 is 47.8 Å². The first-order valence-electron chi connectivity index (χ1n) is 10.8. The van der Waals surface area contributed by atoms with Gasteiger partial charge in [0.15, 0.2) is 0 Å². The summed E-state index contributed by atoms with van der Waals surface area (Å²) in [6.07, 6.45) is -1.34. The average molecular weight is 510 g/mol. The van der Waals surface area contributed by atoms with E-state index < -0.39 is 40.9 Å². The lowest BCUT2D eigenvalue weighted by molar-refractivity contribution is -0.139. The molecule has 0 radical (unpaired) electrons. The van der Waals surface area contributed by atoms with Gasteiger partial charge in [0.1, 0.15) is 5.60 Å². The van der Waals surface area contributed by atoms with E-state index in [4.69, 9.17) is 45.3 Å². The number of benzene rings is 2. The Morgan fingerprint density at radius 2 is 1.52 bits per heavy atom. The molecule has 0 N–H and O–H groups in total. The highest BCUT2D eigenvalue weighted by Crippen LogP contribution is 2.44. The topological polar surface area (TPSA) is 55.8 Å². The molecular formula is C25H29Cl2NO4S. The molecule has 0 aromatic heterocycles. The highest BCUT2D eigenvalue weighted by molar-refractivity contribution is 7.80. The summed E-state index contributed by atoms with van der Waals surface area (Å²) in [6.45, 7) is 7.58. The number of amides is 2. The monoisotopic (exact) mass is 509 g/mol. The summed E-state index contributed by atoms with van der Waals surface area (Å²) >= 11 is 17.0. The number of carbonyl (C=O) groups is 2. The van der Waals surface area contributed by atoms with Gasteiger partial charge in [0, 0.05) is 22.4 Å². The van der Waals surface area contributed by atoms with E-state index in [1.54, 1.807) is 24.3 Å². The van der Waals surface area contributed by atoms with E-state index in [9.17, 15) is 9.59 Å². The number of rotatable bonds is 7. The van der Waals surface area contributed by atoms with E-state index in [1.165, 1.54) is 12.0 Å². The molecule has 1 fully saturated rings. The van der Waals surface area contributed by atoms with Crippen LogP contribution in [-0.4, -0.2) is 35.7 Å². The first-order valence-corrected chi connectivity index (χ1v) is 12.0. The summed E-state index contributed by atoms with van der Waals surface area (Å²) in [5.41, 5.74) is 0.715. The van der Waals surface area contributed by atoms with Gasteiger partial charge in [0.25, 0.3) is 0 Å². The van der Waals surface area contributed by atoms with Crippen molar-refractivity contribution in [3.8, 4) is 0 Å². The Bertz CT molecular complexity index is 994. The zero-order valence-corrected chi connectivity index (χ0v) is 21.7. The fourth-order valence-corrected chi connectivity index (χ4v) is 5.40. The fourth-order valence-electron chi connectivity index (χ4n) is 4.69. The summed E-state index contributed by atoms with van der Waals surface area (Å²) in [6, 6.07) is 13.8. The molecule has 2 aromatic carbocycles. The molecule has 5 nitrogen and oxygen atoms in total. The smallest absolute Gasteiger partial charge is 0.417 e. The van der Waals surface area contributed by atoms with Crippen LogP contribution in [0.2, 0.25) is 10.0 Å². The van der Waals surface area contributed by atoms with Gasteiger partial charge in [-0.15, -0.1) is 0 Å². The molecule has 2 amide bonds. The first-order chi connectivity index (χ1) is 15.5. The van der Waals surface area contributed by atoms with E-state index >= 15 is 0 Å². The second-order valence-corrected chi connectivity index (χ2v) is 10.5. The summed E-state index contributed by atoms with van der Waals surface area (Å²) in [5.74, 6) is -1.24. The Labute approximate surface area is 210 Å². The Morgan fingerprint density at radius 3 is 1.97 bits per heavy atom. The molecule has 178 valence electrons. The minimum Gasteiger partial charge on any atom is -0.441 e. The molecule has 0 bridgehead atoms. The van der Waals surface area contributed by atoms with Gasteiger partial charge in [-0.2, -0.15) is 12.6 Å². The van der Waals surface area contributed by atoms with Crippen LogP contribution >= 0.6 is 35.8 Å². The van der Waals surface area contributed by atoms with E-state index in [0.29, 0.717) is 10.0 Å². The molecule has 0 saturated carbocycles. The van der Waals surface area contributed by atoms with E-state index in [0.717, 1.165) is 11.1 Å². The molecule has 0 spiro atoms. The van der Waals surface area contributed by atoms with Crippen LogP contribution in [0.5, 0.6) is 0 Å². The lowest BCUT2D eigenvalue weighted by Gasteiger charge is -2.36. The first kappa shape index (κ1) is 25.9. The molecule has 4 atom stereocenters. The number of imide groups is 1. The van der Waals surface area contributed by atoms with Gasteiger partial charge in [-0.25, -0.2) is 9.69 Å². The van der Waals surface area contributed by atoms with Crippen LogP contribution in [0.3, 0.4) is 0 Å². The lowest BCUT2D eigenvalue weighted by Crippen LogP contribution is -2.51. The normalized spacial score (nSPS) is 20.5. The number of methoxy groups -OCH3 is 1. The summed E-state index contributed by atoms with van der Waals surface area (Å²) < 4.78 is 11.5. The van der Waals surface area contributed by atoms with Crippen molar-refractivity contribution in [1.82, 2.24) is 4.90 Å². The molecule has 1 aliphatic heterocycles. The maximum absolute atomic E-state index is 14.1. The van der Waals surface area contributed by atoms with Crippen LogP contribution in [0.1, 0.15) is 50.2 Å². The van der Waals surface area contributed by atoms with Crippen molar-refractivity contribution in [2.45, 2.75) is 50.7 Å². The number of hydrogen-bond donors (Lipinski definition) is 1. The average Bonchev–Trinajstić information content (AvgIpc) is 3.00. The van der Waals surface area contributed by atoms with Crippen molar-refractivity contribution in [2.75, 3.05) is 7.11 Å². The second kappa shape index (κ2) is 10.3.